The van der Waals surface area contributed by atoms with Gasteiger partial charge >= 0.3 is 0 Å². The Morgan fingerprint density at radius 1 is 0.905 bits per heavy atom. The molecule has 3 rings (SSSR count). The number of aryl methyl sites for hydroxylation is 1. The number of aromatic amines is 1. The van der Waals surface area contributed by atoms with Gasteiger partial charge in [-0.2, -0.15) is 0 Å². The molecule has 0 aliphatic rings. The van der Waals surface area contributed by atoms with Gasteiger partial charge in [0.1, 0.15) is 5.75 Å². The average Bonchev–Trinajstić information content (AvgIpc) is 2.90. The first-order chi connectivity index (χ1) is 10.3. The summed E-state index contributed by atoms with van der Waals surface area (Å²) in [6.45, 7) is 4.88. The standard InChI is InChI=1S/C19H21NO/c1-3-14-5-7-15(8-6-14)11-17-12-16-9-10-18(21-4-2)13-19(16)20-17/h5-10,12-13,20H,3-4,11H2,1-2H3. The van der Waals surface area contributed by atoms with Gasteiger partial charge in [0.25, 0.3) is 0 Å². The highest BCUT2D eigenvalue weighted by molar-refractivity contribution is 5.81. The summed E-state index contributed by atoms with van der Waals surface area (Å²) in [5, 5.41) is 1.23. The Labute approximate surface area is 125 Å². The second-order valence-corrected chi connectivity index (χ2v) is 5.32. The predicted molar refractivity (Wildman–Crippen MR) is 88.1 cm³/mol. The topological polar surface area (TPSA) is 25.0 Å². The van der Waals surface area contributed by atoms with E-state index in [-0.39, 0.29) is 0 Å². The number of H-pyrrole nitrogens is 1. The Kier molecular flexibility index (Phi) is 3.96. The van der Waals surface area contributed by atoms with Crippen molar-refractivity contribution in [1.29, 1.82) is 0 Å². The Bertz CT molecular complexity index is 725. The molecule has 2 nitrogen and oxygen atoms in total. The normalized spacial score (nSPS) is 11.0. The first-order valence-electron chi connectivity index (χ1n) is 7.60. The smallest absolute Gasteiger partial charge is 0.121 e. The van der Waals surface area contributed by atoms with Crippen molar-refractivity contribution in [2.45, 2.75) is 26.7 Å². The van der Waals surface area contributed by atoms with Gasteiger partial charge in [-0.05, 0) is 48.1 Å². The molecule has 108 valence electrons. The molecule has 2 heteroatoms. The molecular formula is C19H21NO. The highest BCUT2D eigenvalue weighted by atomic mass is 16.5. The summed E-state index contributed by atoms with van der Waals surface area (Å²) in [5.41, 5.74) is 5.10. The zero-order valence-corrected chi connectivity index (χ0v) is 12.6. The minimum atomic E-state index is 0.697. The highest BCUT2D eigenvalue weighted by Gasteiger charge is 2.04. The molecule has 1 aromatic heterocycles. The fourth-order valence-electron chi connectivity index (χ4n) is 2.63. The molecule has 1 N–H and O–H groups in total. The van der Waals surface area contributed by atoms with Crippen LogP contribution in [-0.4, -0.2) is 11.6 Å². The van der Waals surface area contributed by atoms with Crippen LogP contribution < -0.4 is 4.74 Å². The maximum Gasteiger partial charge on any atom is 0.121 e. The molecule has 1 heterocycles. The van der Waals surface area contributed by atoms with Gasteiger partial charge in [-0.15, -0.1) is 0 Å². The molecule has 21 heavy (non-hydrogen) atoms. The van der Waals surface area contributed by atoms with Crippen molar-refractivity contribution >= 4 is 10.9 Å². The fourth-order valence-corrected chi connectivity index (χ4v) is 2.63. The Morgan fingerprint density at radius 2 is 1.67 bits per heavy atom. The summed E-state index contributed by atoms with van der Waals surface area (Å²) < 4.78 is 5.55. The van der Waals surface area contributed by atoms with Crippen LogP contribution in [0.5, 0.6) is 5.75 Å². The molecule has 3 aromatic rings. The van der Waals surface area contributed by atoms with Crippen molar-refractivity contribution in [3.8, 4) is 5.75 Å². The Hall–Kier alpha value is -2.22. The third kappa shape index (κ3) is 3.10. The van der Waals surface area contributed by atoms with Crippen LogP contribution >= 0.6 is 0 Å². The molecule has 0 fully saturated rings. The van der Waals surface area contributed by atoms with E-state index in [1.807, 2.05) is 13.0 Å². The molecule has 0 spiro atoms. The molecule has 0 radical (unpaired) electrons. The van der Waals surface area contributed by atoms with E-state index in [4.69, 9.17) is 4.74 Å². The van der Waals surface area contributed by atoms with Crippen molar-refractivity contribution in [1.82, 2.24) is 4.98 Å². The lowest BCUT2D eigenvalue weighted by Crippen LogP contribution is -1.90. The van der Waals surface area contributed by atoms with Crippen molar-refractivity contribution in [2.75, 3.05) is 6.61 Å². The number of hydrogen-bond acceptors (Lipinski definition) is 1. The van der Waals surface area contributed by atoms with Crippen LogP contribution in [0.15, 0.2) is 48.5 Å². The van der Waals surface area contributed by atoms with Gasteiger partial charge in [-0.25, -0.2) is 0 Å². The lowest BCUT2D eigenvalue weighted by atomic mass is 10.1. The van der Waals surface area contributed by atoms with Crippen molar-refractivity contribution in [2.24, 2.45) is 0 Å². The van der Waals surface area contributed by atoms with Gasteiger partial charge in [-0.1, -0.05) is 31.2 Å². The minimum absolute atomic E-state index is 0.697. The zero-order chi connectivity index (χ0) is 14.7. The van der Waals surface area contributed by atoms with Crippen molar-refractivity contribution in [3.63, 3.8) is 0 Å². The van der Waals surface area contributed by atoms with Gasteiger partial charge in [-0.3, -0.25) is 0 Å². The average molecular weight is 279 g/mol. The van der Waals surface area contributed by atoms with E-state index >= 15 is 0 Å². The third-order valence-electron chi connectivity index (χ3n) is 3.79. The molecule has 0 unspecified atom stereocenters. The quantitative estimate of drug-likeness (QED) is 0.718. The maximum atomic E-state index is 5.55. The van der Waals surface area contributed by atoms with Crippen molar-refractivity contribution < 1.29 is 4.74 Å². The van der Waals surface area contributed by atoms with E-state index < -0.39 is 0 Å². The molecule has 0 aliphatic carbocycles. The van der Waals surface area contributed by atoms with Crippen LogP contribution in [0.25, 0.3) is 10.9 Å². The Morgan fingerprint density at radius 3 is 2.38 bits per heavy atom. The summed E-state index contributed by atoms with van der Waals surface area (Å²) in [7, 11) is 0. The largest absolute Gasteiger partial charge is 0.494 e. The first kappa shape index (κ1) is 13.7. The number of benzene rings is 2. The van der Waals surface area contributed by atoms with Crippen LogP contribution in [0, 0.1) is 0 Å². The van der Waals surface area contributed by atoms with Gasteiger partial charge in [0.2, 0.25) is 0 Å². The van der Waals surface area contributed by atoms with Crippen LogP contribution in [0.1, 0.15) is 30.7 Å². The second kappa shape index (κ2) is 6.04. The number of rotatable bonds is 5. The maximum absolute atomic E-state index is 5.55. The summed E-state index contributed by atoms with van der Waals surface area (Å²) in [4.78, 5) is 3.49. The fraction of sp³-hybridized carbons (Fsp3) is 0.263. The van der Waals surface area contributed by atoms with Crippen LogP contribution in [0.3, 0.4) is 0 Å². The van der Waals surface area contributed by atoms with Crippen LogP contribution in [0.2, 0.25) is 0 Å². The summed E-state index contributed by atoms with van der Waals surface area (Å²) in [6, 6.07) is 17.3. The zero-order valence-electron chi connectivity index (χ0n) is 12.6. The van der Waals surface area contributed by atoms with E-state index in [9.17, 15) is 0 Å². The predicted octanol–water partition coefficient (Wildman–Crippen LogP) is 4.72. The second-order valence-electron chi connectivity index (χ2n) is 5.32. The monoisotopic (exact) mass is 279 g/mol. The Balaban J connectivity index is 1.83. The van der Waals surface area contributed by atoms with Gasteiger partial charge < -0.3 is 9.72 Å². The molecule has 2 aromatic carbocycles. The first-order valence-corrected chi connectivity index (χ1v) is 7.60. The number of hydrogen-bond donors (Lipinski definition) is 1. The molecule has 0 atom stereocenters. The number of aromatic nitrogens is 1. The van der Waals surface area contributed by atoms with E-state index in [0.717, 1.165) is 24.1 Å². The minimum Gasteiger partial charge on any atom is -0.494 e. The molecular weight excluding hydrogens is 258 g/mol. The molecule has 0 aliphatic heterocycles. The van der Waals surface area contributed by atoms with Crippen molar-refractivity contribution in [3.05, 3.63) is 65.4 Å². The van der Waals surface area contributed by atoms with E-state index in [2.05, 4.69) is 54.4 Å². The van der Waals surface area contributed by atoms with Gasteiger partial charge in [0.05, 0.1) is 6.61 Å². The summed E-state index contributed by atoms with van der Waals surface area (Å²) in [5.74, 6) is 0.922. The van der Waals surface area contributed by atoms with E-state index in [0.29, 0.717) is 6.61 Å². The molecule has 0 saturated heterocycles. The third-order valence-corrected chi connectivity index (χ3v) is 3.79. The van der Waals surface area contributed by atoms with Gasteiger partial charge in [0.15, 0.2) is 0 Å². The summed E-state index contributed by atoms with van der Waals surface area (Å²) >= 11 is 0. The number of ether oxygens (including phenoxy) is 1. The molecule has 0 amide bonds. The van der Waals surface area contributed by atoms with Gasteiger partial charge in [0, 0.05) is 23.7 Å². The van der Waals surface area contributed by atoms with Crippen LogP contribution in [-0.2, 0) is 12.8 Å². The van der Waals surface area contributed by atoms with Crippen LogP contribution in [0.4, 0.5) is 0 Å². The SMILES string of the molecule is CCOc1ccc2cc(Cc3ccc(CC)cc3)[nH]c2c1. The highest BCUT2D eigenvalue weighted by Crippen LogP contribution is 2.23. The number of fused-ring (bicyclic) bond motifs is 1. The van der Waals surface area contributed by atoms with E-state index in [1.165, 1.54) is 22.2 Å². The summed E-state index contributed by atoms with van der Waals surface area (Å²) in [6.07, 6.45) is 2.02. The van der Waals surface area contributed by atoms with E-state index in [1.54, 1.807) is 0 Å². The molecule has 0 saturated carbocycles. The lowest BCUT2D eigenvalue weighted by molar-refractivity contribution is 0.340. The lowest BCUT2D eigenvalue weighted by Gasteiger charge is -2.02. The number of nitrogens with one attached hydrogen (secondary N) is 1. The molecule has 0 bridgehead atoms.